The minimum atomic E-state index is -0.0154. The zero-order chi connectivity index (χ0) is 15.0. The molecule has 0 radical (unpaired) electrons. The van der Waals surface area contributed by atoms with E-state index in [4.69, 9.17) is 26.8 Å². The van der Waals surface area contributed by atoms with Gasteiger partial charge in [-0.3, -0.25) is 4.79 Å². The van der Waals surface area contributed by atoms with E-state index in [1.165, 1.54) is 0 Å². The standard InChI is InChI=1S/C15H19ClN2O3.ClH/c1-9(17)10-2-4-18(5-3-10)15(19)11-6-12(16)14-13(7-11)20-8-21-14;/h6-7,9-10H,2-5,8,17H2,1H3;1H. The number of piperidine rings is 1. The van der Waals surface area contributed by atoms with Gasteiger partial charge < -0.3 is 20.1 Å². The van der Waals surface area contributed by atoms with E-state index in [0.717, 1.165) is 25.9 Å². The van der Waals surface area contributed by atoms with Crippen molar-refractivity contribution in [3.8, 4) is 11.5 Å². The van der Waals surface area contributed by atoms with Crippen molar-refractivity contribution >= 4 is 29.9 Å². The number of benzene rings is 1. The Morgan fingerprint density at radius 1 is 1.36 bits per heavy atom. The molecule has 1 aromatic rings. The van der Waals surface area contributed by atoms with E-state index in [9.17, 15) is 4.79 Å². The smallest absolute Gasteiger partial charge is 0.254 e. The Kier molecular flexibility index (Phi) is 5.42. The van der Waals surface area contributed by atoms with Crippen molar-refractivity contribution in [1.82, 2.24) is 4.90 Å². The summed E-state index contributed by atoms with van der Waals surface area (Å²) < 4.78 is 10.6. The molecule has 0 spiro atoms. The summed E-state index contributed by atoms with van der Waals surface area (Å²) in [6, 6.07) is 3.53. The lowest BCUT2D eigenvalue weighted by atomic mass is 9.90. The third kappa shape index (κ3) is 3.26. The summed E-state index contributed by atoms with van der Waals surface area (Å²) in [6.07, 6.45) is 1.89. The fraction of sp³-hybridized carbons (Fsp3) is 0.533. The third-order valence-corrected chi connectivity index (χ3v) is 4.53. The van der Waals surface area contributed by atoms with Gasteiger partial charge in [-0.05, 0) is 37.8 Å². The van der Waals surface area contributed by atoms with E-state index in [-0.39, 0.29) is 31.1 Å². The van der Waals surface area contributed by atoms with Gasteiger partial charge in [-0.2, -0.15) is 0 Å². The largest absolute Gasteiger partial charge is 0.454 e. The molecule has 7 heteroatoms. The molecule has 3 rings (SSSR count). The number of rotatable bonds is 2. The Labute approximate surface area is 141 Å². The van der Waals surface area contributed by atoms with Crippen LogP contribution in [0.2, 0.25) is 5.02 Å². The second kappa shape index (κ2) is 6.94. The van der Waals surface area contributed by atoms with Gasteiger partial charge in [0, 0.05) is 24.7 Å². The van der Waals surface area contributed by atoms with Crippen LogP contribution in [0.25, 0.3) is 0 Å². The number of halogens is 2. The first-order chi connectivity index (χ1) is 10.1. The van der Waals surface area contributed by atoms with Crippen molar-refractivity contribution in [2.75, 3.05) is 19.9 Å². The van der Waals surface area contributed by atoms with E-state index in [1.54, 1.807) is 12.1 Å². The summed E-state index contributed by atoms with van der Waals surface area (Å²) in [5, 5.41) is 0.416. The molecule has 0 aliphatic carbocycles. The molecule has 122 valence electrons. The maximum atomic E-state index is 12.6. The lowest BCUT2D eigenvalue weighted by Crippen LogP contribution is -2.42. The molecule has 22 heavy (non-hydrogen) atoms. The van der Waals surface area contributed by atoms with Crippen LogP contribution in [0.4, 0.5) is 0 Å². The molecule has 0 bridgehead atoms. The number of nitrogens with two attached hydrogens (primary N) is 1. The maximum Gasteiger partial charge on any atom is 0.254 e. The summed E-state index contributed by atoms with van der Waals surface area (Å²) in [6.45, 7) is 3.64. The van der Waals surface area contributed by atoms with Crippen LogP contribution in [-0.2, 0) is 0 Å². The molecule has 2 heterocycles. The first-order valence-electron chi connectivity index (χ1n) is 7.20. The van der Waals surface area contributed by atoms with Crippen LogP contribution in [0.15, 0.2) is 12.1 Å². The van der Waals surface area contributed by atoms with E-state index in [2.05, 4.69) is 0 Å². The van der Waals surface area contributed by atoms with Crippen LogP contribution in [0.1, 0.15) is 30.1 Å². The Morgan fingerprint density at radius 3 is 2.68 bits per heavy atom. The molecule has 1 saturated heterocycles. The third-order valence-electron chi connectivity index (χ3n) is 4.24. The van der Waals surface area contributed by atoms with Crippen LogP contribution in [0.3, 0.4) is 0 Å². The summed E-state index contributed by atoms with van der Waals surface area (Å²) in [4.78, 5) is 14.4. The van der Waals surface area contributed by atoms with Crippen LogP contribution < -0.4 is 15.2 Å². The molecule has 1 amide bonds. The van der Waals surface area contributed by atoms with Gasteiger partial charge in [0.05, 0.1) is 5.02 Å². The molecule has 0 saturated carbocycles. The highest BCUT2D eigenvalue weighted by Crippen LogP contribution is 2.40. The number of carbonyl (C=O) groups is 1. The Bertz CT molecular complexity index is 558. The van der Waals surface area contributed by atoms with Crippen molar-refractivity contribution in [2.45, 2.75) is 25.8 Å². The average molecular weight is 347 g/mol. The summed E-state index contributed by atoms with van der Waals surface area (Å²) >= 11 is 6.13. The highest BCUT2D eigenvalue weighted by atomic mass is 35.5. The number of hydrogen-bond acceptors (Lipinski definition) is 4. The van der Waals surface area contributed by atoms with Crippen molar-refractivity contribution in [3.63, 3.8) is 0 Å². The minimum Gasteiger partial charge on any atom is -0.454 e. The Balaban J connectivity index is 0.00000176. The van der Waals surface area contributed by atoms with E-state index >= 15 is 0 Å². The van der Waals surface area contributed by atoms with Crippen LogP contribution in [-0.4, -0.2) is 36.7 Å². The minimum absolute atomic E-state index is 0. The number of hydrogen-bond donors (Lipinski definition) is 1. The van der Waals surface area contributed by atoms with Gasteiger partial charge in [0.25, 0.3) is 5.91 Å². The van der Waals surface area contributed by atoms with E-state index < -0.39 is 0 Å². The molecule has 1 atom stereocenters. The van der Waals surface area contributed by atoms with E-state index in [1.807, 2.05) is 11.8 Å². The molecule has 2 aliphatic heterocycles. The average Bonchev–Trinajstić information content (AvgIpc) is 2.95. The summed E-state index contributed by atoms with van der Waals surface area (Å²) in [7, 11) is 0. The predicted molar refractivity (Wildman–Crippen MR) is 87.1 cm³/mol. The molecule has 1 unspecified atom stereocenters. The zero-order valence-corrected chi connectivity index (χ0v) is 14.0. The number of nitrogens with zero attached hydrogens (tertiary/aromatic N) is 1. The lowest BCUT2D eigenvalue weighted by molar-refractivity contribution is 0.0680. The first-order valence-corrected chi connectivity index (χ1v) is 7.58. The maximum absolute atomic E-state index is 12.6. The van der Waals surface area contributed by atoms with Crippen molar-refractivity contribution in [2.24, 2.45) is 11.7 Å². The second-order valence-corrected chi connectivity index (χ2v) is 6.09. The van der Waals surface area contributed by atoms with Gasteiger partial charge in [-0.25, -0.2) is 0 Å². The van der Waals surface area contributed by atoms with Crippen LogP contribution in [0, 0.1) is 5.92 Å². The molecule has 1 fully saturated rings. The fourth-order valence-electron chi connectivity index (χ4n) is 2.90. The van der Waals surface area contributed by atoms with Gasteiger partial charge in [0.2, 0.25) is 6.79 Å². The Hall–Kier alpha value is -1.17. The molecule has 5 nitrogen and oxygen atoms in total. The normalized spacial score (nSPS) is 18.8. The van der Waals surface area contributed by atoms with Gasteiger partial charge in [-0.15, -0.1) is 12.4 Å². The monoisotopic (exact) mass is 346 g/mol. The van der Waals surface area contributed by atoms with Crippen molar-refractivity contribution in [3.05, 3.63) is 22.7 Å². The van der Waals surface area contributed by atoms with Gasteiger partial charge in [-0.1, -0.05) is 11.6 Å². The molecule has 2 aliphatic rings. The van der Waals surface area contributed by atoms with Crippen molar-refractivity contribution in [1.29, 1.82) is 0 Å². The van der Waals surface area contributed by atoms with E-state index in [0.29, 0.717) is 28.0 Å². The summed E-state index contributed by atoms with van der Waals surface area (Å²) in [5.41, 5.74) is 6.47. The lowest BCUT2D eigenvalue weighted by Gasteiger charge is -2.33. The van der Waals surface area contributed by atoms with Crippen LogP contribution >= 0.6 is 24.0 Å². The topological polar surface area (TPSA) is 64.8 Å². The number of amides is 1. The number of likely N-dealkylation sites (tertiary alicyclic amines) is 1. The first kappa shape index (κ1) is 17.2. The SMILES string of the molecule is CC(N)C1CCN(C(=O)c2cc(Cl)c3c(c2)OCO3)CC1.Cl. The molecular weight excluding hydrogens is 327 g/mol. The fourth-order valence-corrected chi connectivity index (χ4v) is 3.17. The molecule has 1 aromatic carbocycles. The quantitative estimate of drug-likeness (QED) is 0.893. The summed E-state index contributed by atoms with van der Waals surface area (Å²) in [5.74, 6) is 1.54. The second-order valence-electron chi connectivity index (χ2n) is 5.68. The number of carbonyl (C=O) groups excluding carboxylic acids is 1. The predicted octanol–water partition coefficient (Wildman–Crippen LogP) is 2.69. The van der Waals surface area contributed by atoms with Crippen LogP contribution in [0.5, 0.6) is 11.5 Å². The number of fused-ring (bicyclic) bond motifs is 1. The van der Waals surface area contributed by atoms with Gasteiger partial charge in [0.15, 0.2) is 11.5 Å². The van der Waals surface area contributed by atoms with Gasteiger partial charge in [0.1, 0.15) is 0 Å². The zero-order valence-electron chi connectivity index (χ0n) is 12.4. The van der Waals surface area contributed by atoms with Gasteiger partial charge >= 0.3 is 0 Å². The highest BCUT2D eigenvalue weighted by molar-refractivity contribution is 6.32. The highest BCUT2D eigenvalue weighted by Gasteiger charge is 2.27. The Morgan fingerprint density at radius 2 is 2.05 bits per heavy atom. The number of ether oxygens (including phenoxy) is 2. The molecule has 2 N–H and O–H groups in total. The van der Waals surface area contributed by atoms with Crippen molar-refractivity contribution < 1.29 is 14.3 Å². The molecular formula is C15H20Cl2N2O3. The molecule has 0 aromatic heterocycles.